The van der Waals surface area contributed by atoms with Crippen LogP contribution >= 0.6 is 0 Å². The van der Waals surface area contributed by atoms with Gasteiger partial charge in [0.1, 0.15) is 42.3 Å². The van der Waals surface area contributed by atoms with E-state index in [-0.39, 0.29) is 171 Å². The van der Waals surface area contributed by atoms with E-state index in [9.17, 15) is 43.5 Å². The summed E-state index contributed by atoms with van der Waals surface area (Å²) >= 11 is 0. The quantitative estimate of drug-likeness (QED) is 0.0154. The number of nitrogens with zero attached hydrogens (tertiary/aromatic N) is 7. The van der Waals surface area contributed by atoms with Gasteiger partial charge in [-0.25, -0.2) is 4.79 Å². The second-order valence-corrected chi connectivity index (χ2v) is 19.5. The first-order chi connectivity index (χ1) is 38.7. The molecule has 1 saturated heterocycles. The maximum Gasteiger partial charge on any atom is 0.326 e. The number of nitrogens with two attached hydrogens (primary N) is 13. The maximum atomic E-state index is 14.7. The smallest absolute Gasteiger partial charge is 0.326 e. The topological polar surface area (TPSA) is 645 Å². The average molecular weight is 1170 g/mol. The average Bonchev–Trinajstić information content (AvgIpc) is 4.04. The van der Waals surface area contributed by atoms with Gasteiger partial charge in [0.15, 0.2) is 35.8 Å². The van der Waals surface area contributed by atoms with Crippen molar-refractivity contribution in [2.24, 2.45) is 110 Å². The maximum absolute atomic E-state index is 14.7. The van der Waals surface area contributed by atoms with Crippen molar-refractivity contribution in [3.63, 3.8) is 0 Å². The number of likely N-dealkylation sites (tertiary alicyclic amines) is 1. The zero-order valence-electron chi connectivity index (χ0n) is 47.1. The number of carbonyl (C=O) groups is 8. The summed E-state index contributed by atoms with van der Waals surface area (Å²) in [5, 5.41) is 25.8. The number of carbonyl (C=O) groups excluding carboxylic acids is 7. The van der Waals surface area contributed by atoms with E-state index < -0.39 is 95.7 Å². The van der Waals surface area contributed by atoms with Gasteiger partial charge in [0.25, 0.3) is 0 Å². The van der Waals surface area contributed by atoms with Crippen molar-refractivity contribution in [3.05, 3.63) is 0 Å². The molecule has 0 unspecified atom stereocenters. The standard InChI is InChI=1S/C47H92N26O9/c1-3-25(2)33(48)39(79)70-29(14-7-21-64-45(55)56)35(75)67-26(11-4-18-61-42(49)50)34(74)68-27(12-5-19-62-43(51)52)36(76)71-30(15-8-22-65-46(57)58)40(80)73-24-10-17-32(73)38(78)69-28(13-6-20-63-44(53)54)37(77)72-31(41(81)82)16-9-23-66-47(59)60/h25-33H,3-24,48H2,1-2H3,(H,67,75)(H,68,74)(H,69,78)(H,70,79)(H,71,76)(H,72,77)(H,81,82)(H4,49,50,61)(H4,51,52,62)(H4,53,54,63)(H4,55,56,64)(H4,57,58,65)(H4,59,60,66)/t25-,26-,27-,28-,29-,30-,31-,32-,33-/m0/s1. The number of hydrogen-bond acceptors (Lipinski definition) is 15. The molecule has 9 atom stereocenters. The monoisotopic (exact) mass is 1160 g/mol. The molecule has 0 aromatic heterocycles. The van der Waals surface area contributed by atoms with Crippen molar-refractivity contribution in [1.29, 1.82) is 0 Å². The van der Waals surface area contributed by atoms with Crippen molar-refractivity contribution < 1.29 is 43.5 Å². The van der Waals surface area contributed by atoms with E-state index in [0.717, 1.165) is 0 Å². The van der Waals surface area contributed by atoms with Gasteiger partial charge in [-0.2, -0.15) is 0 Å². The number of aliphatic imine (C=N–C) groups is 6. The van der Waals surface area contributed by atoms with E-state index in [1.807, 2.05) is 6.92 Å². The molecular weight excluding hydrogens is 1070 g/mol. The van der Waals surface area contributed by atoms with Crippen molar-refractivity contribution in [1.82, 2.24) is 36.8 Å². The summed E-state index contributed by atoms with van der Waals surface area (Å²) in [7, 11) is 0. The molecule has 33 N–H and O–H groups in total. The lowest BCUT2D eigenvalue weighted by molar-refractivity contribution is -0.144. The van der Waals surface area contributed by atoms with Crippen LogP contribution in [0.5, 0.6) is 0 Å². The molecule has 35 heteroatoms. The molecule has 0 radical (unpaired) electrons. The molecular formula is C47H92N26O9. The van der Waals surface area contributed by atoms with Crippen molar-refractivity contribution >= 4 is 83.1 Å². The molecule has 1 aliphatic rings. The van der Waals surface area contributed by atoms with Gasteiger partial charge in [-0.3, -0.25) is 63.5 Å². The van der Waals surface area contributed by atoms with Crippen LogP contribution in [0.3, 0.4) is 0 Å². The highest BCUT2D eigenvalue weighted by Crippen LogP contribution is 2.21. The molecule has 0 bridgehead atoms. The van der Waals surface area contributed by atoms with Gasteiger partial charge < -0.3 is 116 Å². The van der Waals surface area contributed by atoms with E-state index in [1.165, 1.54) is 4.90 Å². The fourth-order valence-corrected chi connectivity index (χ4v) is 8.25. The van der Waals surface area contributed by atoms with Crippen LogP contribution in [0.4, 0.5) is 0 Å². The molecule has 35 nitrogen and oxygen atoms in total. The normalized spacial score (nSPS) is 15.5. The fraction of sp³-hybridized carbons (Fsp3) is 0.702. The molecule has 0 aromatic rings. The second-order valence-electron chi connectivity index (χ2n) is 19.5. The third-order valence-electron chi connectivity index (χ3n) is 12.8. The van der Waals surface area contributed by atoms with E-state index >= 15 is 0 Å². The Hall–Kier alpha value is -8.66. The number of amides is 7. The van der Waals surface area contributed by atoms with E-state index in [0.29, 0.717) is 12.8 Å². The molecule has 82 heavy (non-hydrogen) atoms. The summed E-state index contributed by atoms with van der Waals surface area (Å²) < 4.78 is 0. The van der Waals surface area contributed by atoms with Crippen molar-refractivity contribution in [2.75, 3.05) is 45.8 Å². The Labute approximate surface area is 476 Å². The van der Waals surface area contributed by atoms with Crippen molar-refractivity contribution in [3.8, 4) is 0 Å². The van der Waals surface area contributed by atoms with Crippen molar-refractivity contribution in [2.45, 2.75) is 158 Å². The third-order valence-corrected chi connectivity index (χ3v) is 12.8. The molecule has 464 valence electrons. The predicted octanol–water partition coefficient (Wildman–Crippen LogP) is -8.33. The van der Waals surface area contributed by atoms with Gasteiger partial charge in [-0.15, -0.1) is 0 Å². The first kappa shape index (κ1) is 71.4. The van der Waals surface area contributed by atoms with E-state index in [4.69, 9.17) is 74.5 Å². The highest BCUT2D eigenvalue weighted by atomic mass is 16.4. The molecule has 0 aliphatic carbocycles. The summed E-state index contributed by atoms with van der Waals surface area (Å²) in [4.78, 5) is 136. The first-order valence-corrected chi connectivity index (χ1v) is 27.1. The Kier molecular flexibility index (Phi) is 33.8. The number of carboxylic acid groups (broad SMARTS) is 1. The number of guanidine groups is 6. The van der Waals surface area contributed by atoms with Gasteiger partial charge in [-0.05, 0) is 95.8 Å². The van der Waals surface area contributed by atoms with Gasteiger partial charge in [0.05, 0.1) is 6.04 Å². The van der Waals surface area contributed by atoms with Crippen LogP contribution in [0.25, 0.3) is 0 Å². The molecule has 7 amide bonds. The molecule has 0 aromatic carbocycles. The molecule has 1 heterocycles. The van der Waals surface area contributed by atoms with E-state index in [2.05, 4.69) is 61.9 Å². The zero-order chi connectivity index (χ0) is 61.9. The lowest BCUT2D eigenvalue weighted by Gasteiger charge is -2.31. The summed E-state index contributed by atoms with van der Waals surface area (Å²) in [6, 6.07) is -10.3. The predicted molar refractivity (Wildman–Crippen MR) is 311 cm³/mol. The minimum Gasteiger partial charge on any atom is -0.480 e. The third kappa shape index (κ3) is 29.5. The van der Waals surface area contributed by atoms with Crippen LogP contribution in [-0.4, -0.2) is 187 Å². The van der Waals surface area contributed by atoms with Gasteiger partial charge in [0.2, 0.25) is 41.4 Å². The Bertz CT molecular complexity index is 2260. The highest BCUT2D eigenvalue weighted by Gasteiger charge is 2.40. The van der Waals surface area contributed by atoms with Crippen LogP contribution < -0.4 is 106 Å². The lowest BCUT2D eigenvalue weighted by Crippen LogP contribution is -2.60. The molecule has 1 aliphatic heterocycles. The number of aliphatic carboxylic acids is 1. The molecule has 0 spiro atoms. The Morgan fingerprint density at radius 3 is 1.05 bits per heavy atom. The Morgan fingerprint density at radius 2 is 0.732 bits per heavy atom. The SMILES string of the molecule is CC[C@H](C)[C@H](N)C(=O)N[C@@H](CCCN=C(N)N)C(=O)N[C@@H](CCCN=C(N)N)C(=O)N[C@@H](CCCN=C(N)N)C(=O)N[C@@H](CCCN=C(N)N)C(=O)N1CCC[C@H]1C(=O)N[C@@H](CCCN=C(N)N)C(=O)N[C@@H](CCCN=C(N)N)C(=O)O. The number of hydrogen-bond donors (Lipinski definition) is 20. The molecule has 1 fully saturated rings. The van der Waals surface area contributed by atoms with Crippen LogP contribution in [0.15, 0.2) is 30.0 Å². The highest BCUT2D eigenvalue weighted by molar-refractivity contribution is 5.98. The number of carboxylic acids is 1. The van der Waals surface area contributed by atoms with Gasteiger partial charge >= 0.3 is 5.97 Å². The number of nitrogens with one attached hydrogen (secondary N) is 6. The number of rotatable bonds is 40. The van der Waals surface area contributed by atoms with Crippen LogP contribution in [-0.2, 0) is 38.4 Å². The summed E-state index contributed by atoms with van der Waals surface area (Å²) in [6.07, 6.45) is 1.59. The van der Waals surface area contributed by atoms with Crippen LogP contribution in [0.2, 0.25) is 0 Å². The minimum absolute atomic E-state index is 0.00974. The molecule has 0 saturated carbocycles. The minimum atomic E-state index is -1.42. The Morgan fingerprint density at radius 1 is 0.451 bits per heavy atom. The van der Waals surface area contributed by atoms with Crippen LogP contribution in [0, 0.1) is 5.92 Å². The summed E-state index contributed by atoms with van der Waals surface area (Å²) in [5.41, 5.74) is 72.2. The second kappa shape index (κ2) is 38.9. The van der Waals surface area contributed by atoms with Gasteiger partial charge in [0, 0.05) is 45.8 Å². The summed E-state index contributed by atoms with van der Waals surface area (Å²) in [5.74, 6) is -8.35. The Balaban J connectivity index is 3.72. The largest absolute Gasteiger partial charge is 0.480 e. The first-order valence-electron chi connectivity index (χ1n) is 27.1. The van der Waals surface area contributed by atoms with E-state index in [1.54, 1.807) is 6.92 Å². The fourth-order valence-electron chi connectivity index (χ4n) is 8.25. The van der Waals surface area contributed by atoms with Crippen LogP contribution in [0.1, 0.15) is 110 Å². The summed E-state index contributed by atoms with van der Waals surface area (Å²) in [6.45, 7) is 3.97. The zero-order valence-corrected chi connectivity index (χ0v) is 47.1. The molecule has 1 rings (SSSR count). The van der Waals surface area contributed by atoms with Gasteiger partial charge in [-0.1, -0.05) is 20.3 Å². The lowest BCUT2D eigenvalue weighted by atomic mass is 9.98.